The van der Waals surface area contributed by atoms with Gasteiger partial charge in [0.2, 0.25) is 0 Å². The highest BCUT2D eigenvalue weighted by molar-refractivity contribution is 7.17. The van der Waals surface area contributed by atoms with E-state index in [1.54, 1.807) is 6.33 Å². The van der Waals surface area contributed by atoms with E-state index in [0.717, 1.165) is 27.9 Å². The van der Waals surface area contributed by atoms with Crippen LogP contribution in [0.1, 0.15) is 48.5 Å². The summed E-state index contributed by atoms with van der Waals surface area (Å²) in [7, 11) is 0. The van der Waals surface area contributed by atoms with Crippen LogP contribution in [0.2, 0.25) is 0 Å². The number of hydrogen-bond acceptors (Lipinski definition) is 5. The Hall–Kier alpha value is -2.73. The molecule has 142 valence electrons. The van der Waals surface area contributed by atoms with Gasteiger partial charge in [0.25, 0.3) is 0 Å². The first-order valence-electron chi connectivity index (χ1n) is 9.89. The predicted octanol–water partition coefficient (Wildman–Crippen LogP) is 5.23. The van der Waals surface area contributed by atoms with Crippen LogP contribution in [0.3, 0.4) is 0 Å². The molecule has 1 fully saturated rings. The van der Waals surface area contributed by atoms with Crippen molar-refractivity contribution in [1.29, 1.82) is 0 Å². The summed E-state index contributed by atoms with van der Waals surface area (Å²) in [4.78, 5) is 11.4. The first-order chi connectivity index (χ1) is 13.8. The van der Waals surface area contributed by atoms with Crippen molar-refractivity contribution in [2.24, 2.45) is 0 Å². The summed E-state index contributed by atoms with van der Waals surface area (Å²) in [6, 6.07) is 10.4. The lowest BCUT2D eigenvalue weighted by Crippen LogP contribution is -2.03. The van der Waals surface area contributed by atoms with Crippen molar-refractivity contribution in [1.82, 2.24) is 19.7 Å². The van der Waals surface area contributed by atoms with Gasteiger partial charge in [0.05, 0.1) is 28.5 Å². The van der Waals surface area contributed by atoms with Crippen molar-refractivity contribution in [2.75, 3.05) is 5.73 Å². The van der Waals surface area contributed by atoms with Gasteiger partial charge in [-0.25, -0.2) is 9.97 Å². The minimum absolute atomic E-state index is 0.564. The molecule has 2 N–H and O–H groups in total. The minimum Gasteiger partial charge on any atom is -0.383 e. The van der Waals surface area contributed by atoms with Crippen LogP contribution in [0.25, 0.3) is 21.3 Å². The molecule has 6 heteroatoms. The van der Waals surface area contributed by atoms with Crippen LogP contribution in [-0.2, 0) is 6.54 Å². The zero-order valence-electron chi connectivity index (χ0n) is 15.7. The van der Waals surface area contributed by atoms with E-state index in [1.165, 1.54) is 42.5 Å². The highest BCUT2D eigenvalue weighted by Crippen LogP contribution is 2.46. The molecule has 0 saturated heterocycles. The monoisotopic (exact) mass is 389 g/mol. The Morgan fingerprint density at radius 1 is 1.07 bits per heavy atom. The van der Waals surface area contributed by atoms with Crippen LogP contribution >= 0.6 is 11.3 Å². The molecule has 4 aromatic rings. The normalized spacial score (nSPS) is 15.3. The molecule has 1 aliphatic carbocycles. The fourth-order valence-electron chi connectivity index (χ4n) is 4.20. The highest BCUT2D eigenvalue weighted by atomic mass is 32.1. The lowest BCUT2D eigenvalue weighted by Gasteiger charge is -2.20. The van der Waals surface area contributed by atoms with Gasteiger partial charge in [0.15, 0.2) is 0 Å². The van der Waals surface area contributed by atoms with Gasteiger partial charge in [-0.15, -0.1) is 11.3 Å². The van der Waals surface area contributed by atoms with Crippen molar-refractivity contribution in [3.63, 3.8) is 0 Å². The highest BCUT2D eigenvalue weighted by Gasteiger charge is 2.25. The zero-order chi connectivity index (χ0) is 18.9. The molecule has 5 rings (SSSR count). The Morgan fingerprint density at radius 2 is 1.89 bits per heavy atom. The molecule has 0 spiro atoms. The lowest BCUT2D eigenvalue weighted by atomic mass is 9.87. The van der Waals surface area contributed by atoms with Gasteiger partial charge in [0.1, 0.15) is 12.1 Å². The molecule has 1 saturated carbocycles. The summed E-state index contributed by atoms with van der Waals surface area (Å²) in [5.74, 6) is 1.15. The Morgan fingerprint density at radius 3 is 2.71 bits per heavy atom. The number of rotatable bonds is 4. The van der Waals surface area contributed by atoms with Crippen molar-refractivity contribution in [3.05, 3.63) is 59.5 Å². The second-order valence-corrected chi connectivity index (χ2v) is 8.58. The van der Waals surface area contributed by atoms with Crippen LogP contribution in [0.15, 0.2) is 49.1 Å². The van der Waals surface area contributed by atoms with Gasteiger partial charge in [0, 0.05) is 16.6 Å². The van der Waals surface area contributed by atoms with Crippen molar-refractivity contribution in [3.8, 4) is 10.4 Å². The maximum atomic E-state index is 6.30. The molecule has 28 heavy (non-hydrogen) atoms. The van der Waals surface area contributed by atoms with E-state index in [9.17, 15) is 0 Å². The minimum atomic E-state index is 0.564. The van der Waals surface area contributed by atoms with E-state index in [0.29, 0.717) is 11.7 Å². The molecule has 0 unspecified atom stereocenters. The van der Waals surface area contributed by atoms with Gasteiger partial charge in [-0.3, -0.25) is 4.68 Å². The second kappa shape index (κ2) is 7.36. The molecular formula is C22H23N5S. The van der Waals surface area contributed by atoms with Gasteiger partial charge >= 0.3 is 0 Å². The van der Waals surface area contributed by atoms with Crippen molar-refractivity contribution in [2.45, 2.75) is 44.6 Å². The summed E-state index contributed by atoms with van der Waals surface area (Å²) in [6.07, 6.45) is 12.1. The number of fused-ring (bicyclic) bond motifs is 1. The van der Waals surface area contributed by atoms with Crippen LogP contribution < -0.4 is 5.73 Å². The van der Waals surface area contributed by atoms with E-state index >= 15 is 0 Å². The summed E-state index contributed by atoms with van der Waals surface area (Å²) in [5.41, 5.74) is 9.66. The molecule has 0 bridgehead atoms. The van der Waals surface area contributed by atoms with Gasteiger partial charge in [-0.05, 0) is 24.3 Å². The summed E-state index contributed by atoms with van der Waals surface area (Å²) in [6.45, 7) is 0.756. The molecule has 0 atom stereocenters. The molecule has 0 amide bonds. The third kappa shape index (κ3) is 3.18. The number of nitrogens with zero attached hydrogens (tertiary/aromatic N) is 4. The molecule has 0 radical (unpaired) electrons. The lowest BCUT2D eigenvalue weighted by molar-refractivity contribution is 0.449. The first-order valence-corrected chi connectivity index (χ1v) is 10.7. The smallest absolute Gasteiger partial charge is 0.136 e. The summed E-state index contributed by atoms with van der Waals surface area (Å²) < 4.78 is 1.98. The molecule has 3 heterocycles. The molecule has 3 aromatic heterocycles. The molecule has 1 aliphatic rings. The fourth-order valence-corrected chi connectivity index (χ4v) is 5.60. The number of aromatic nitrogens is 4. The molecule has 5 nitrogen and oxygen atoms in total. The molecular weight excluding hydrogens is 366 g/mol. The van der Waals surface area contributed by atoms with E-state index in [1.807, 2.05) is 28.3 Å². The molecule has 1 aromatic carbocycles. The largest absolute Gasteiger partial charge is 0.383 e. The van der Waals surface area contributed by atoms with Crippen LogP contribution in [0.5, 0.6) is 0 Å². The quantitative estimate of drug-likeness (QED) is 0.519. The summed E-state index contributed by atoms with van der Waals surface area (Å²) >= 11 is 1.83. The van der Waals surface area contributed by atoms with E-state index < -0.39 is 0 Å². The first kappa shape index (κ1) is 17.4. The molecule has 0 aliphatic heterocycles. The predicted molar refractivity (Wildman–Crippen MR) is 114 cm³/mol. The fraction of sp³-hybridized carbons (Fsp3) is 0.318. The van der Waals surface area contributed by atoms with Crippen LogP contribution in [0, 0.1) is 0 Å². The third-order valence-corrected chi connectivity index (χ3v) is 7.00. The number of nitrogen functional groups attached to an aromatic ring is 1. The number of nitrogens with two attached hydrogens (primary N) is 1. The van der Waals surface area contributed by atoms with Crippen molar-refractivity contribution < 1.29 is 0 Å². The second-order valence-electron chi connectivity index (χ2n) is 7.53. The number of benzene rings is 1. The zero-order valence-corrected chi connectivity index (χ0v) is 16.5. The number of anilines is 1. The Balaban J connectivity index is 1.55. The average molecular weight is 390 g/mol. The van der Waals surface area contributed by atoms with Gasteiger partial charge < -0.3 is 5.73 Å². The summed E-state index contributed by atoms with van der Waals surface area (Å²) in [5, 5.41) is 5.58. The average Bonchev–Trinajstić information content (AvgIpc) is 3.35. The van der Waals surface area contributed by atoms with Crippen molar-refractivity contribution >= 4 is 28.1 Å². The van der Waals surface area contributed by atoms with E-state index in [-0.39, 0.29) is 0 Å². The van der Waals surface area contributed by atoms with E-state index in [4.69, 9.17) is 5.73 Å². The van der Waals surface area contributed by atoms with Crippen LogP contribution in [0.4, 0.5) is 5.82 Å². The standard InChI is InChI=1S/C22H23N5S/c23-22-18-19(24-14-25-22)21(16-9-5-2-6-10-16)28-20(18)17-11-26-27(13-17)12-15-7-3-1-4-8-15/h1,3-4,7-8,11,13-14,16H,2,5-6,9-10,12H2,(H2,23,24,25). The number of thiophene rings is 1. The SMILES string of the molecule is Nc1ncnc2c(C3CCCCC3)sc(-c3cnn(Cc4ccccc4)c3)c12. The Kier molecular flexibility index (Phi) is 4.56. The Bertz CT molecular complexity index is 1090. The topological polar surface area (TPSA) is 69.6 Å². The Labute approximate surface area is 168 Å². The third-order valence-electron chi connectivity index (χ3n) is 5.61. The van der Waals surface area contributed by atoms with Crippen LogP contribution in [-0.4, -0.2) is 19.7 Å². The number of hydrogen-bond donors (Lipinski definition) is 1. The van der Waals surface area contributed by atoms with E-state index in [2.05, 4.69) is 45.5 Å². The van der Waals surface area contributed by atoms with Gasteiger partial charge in [-0.2, -0.15) is 5.10 Å². The maximum absolute atomic E-state index is 6.30. The maximum Gasteiger partial charge on any atom is 0.136 e. The van der Waals surface area contributed by atoms with Gasteiger partial charge in [-0.1, -0.05) is 49.6 Å².